The number of aromatic nitrogens is 1. The lowest BCUT2D eigenvalue weighted by molar-refractivity contribution is 0.183. The maximum atomic E-state index is 10.3. The standard InChI is InChI=1S/C25H34N4O3.HI/c1-4-26-25(28-17-20(30)13-18-9-6-5-7-10-18)27-12-8-11-19-14-22-23(29-19)15-21(31-2)16-24(22)32-3;/h5-7,9-10,14-16,20,29-30H,4,8,11-13,17H2,1-3H3,(H2,26,27,28);1H. The third-order valence-electron chi connectivity index (χ3n) is 5.22. The second-order valence-corrected chi connectivity index (χ2v) is 7.68. The normalized spacial score (nSPS) is 12.2. The number of aliphatic hydroxyl groups is 1. The molecule has 0 amide bonds. The number of aromatic amines is 1. The van der Waals surface area contributed by atoms with Crippen LogP contribution in [0.25, 0.3) is 10.9 Å². The number of methoxy groups -OCH3 is 2. The molecule has 0 aliphatic heterocycles. The van der Waals surface area contributed by atoms with Crippen LogP contribution in [0, 0.1) is 0 Å². The average molecular weight is 566 g/mol. The van der Waals surface area contributed by atoms with Gasteiger partial charge in [-0.3, -0.25) is 4.99 Å². The largest absolute Gasteiger partial charge is 0.497 e. The van der Waals surface area contributed by atoms with Gasteiger partial charge in [0.1, 0.15) is 11.5 Å². The number of aliphatic hydroxyl groups excluding tert-OH is 1. The Hall–Kier alpha value is -2.46. The van der Waals surface area contributed by atoms with Gasteiger partial charge in [-0.15, -0.1) is 24.0 Å². The highest BCUT2D eigenvalue weighted by atomic mass is 127. The second-order valence-electron chi connectivity index (χ2n) is 7.68. The van der Waals surface area contributed by atoms with Crippen LogP contribution in [0.2, 0.25) is 0 Å². The first-order chi connectivity index (χ1) is 15.6. The number of aliphatic imine (C=N–C) groups is 1. The number of H-pyrrole nitrogens is 1. The fourth-order valence-corrected chi connectivity index (χ4v) is 3.63. The molecular formula is C25H35IN4O3. The Bertz CT molecular complexity index is 1010. The molecular weight excluding hydrogens is 531 g/mol. The van der Waals surface area contributed by atoms with Gasteiger partial charge in [-0.1, -0.05) is 30.3 Å². The number of rotatable bonds is 11. The van der Waals surface area contributed by atoms with Crippen LogP contribution in [-0.4, -0.2) is 56.0 Å². The number of hydrogen-bond donors (Lipinski definition) is 4. The molecule has 0 aliphatic rings. The lowest BCUT2D eigenvalue weighted by Crippen LogP contribution is -2.38. The zero-order valence-electron chi connectivity index (χ0n) is 19.6. The van der Waals surface area contributed by atoms with Crippen molar-refractivity contribution in [3.63, 3.8) is 0 Å². The Labute approximate surface area is 213 Å². The van der Waals surface area contributed by atoms with Crippen LogP contribution in [0.3, 0.4) is 0 Å². The Morgan fingerprint density at radius 3 is 2.58 bits per heavy atom. The minimum atomic E-state index is -0.508. The van der Waals surface area contributed by atoms with E-state index in [0.29, 0.717) is 13.0 Å². The Morgan fingerprint density at radius 2 is 1.88 bits per heavy atom. The van der Waals surface area contributed by atoms with E-state index in [2.05, 4.69) is 26.7 Å². The number of benzene rings is 2. The minimum Gasteiger partial charge on any atom is -0.497 e. The van der Waals surface area contributed by atoms with E-state index in [1.807, 2.05) is 49.4 Å². The van der Waals surface area contributed by atoms with Gasteiger partial charge in [0.2, 0.25) is 0 Å². The van der Waals surface area contributed by atoms with E-state index in [1.165, 1.54) is 0 Å². The number of nitrogens with zero attached hydrogens (tertiary/aromatic N) is 1. The lowest BCUT2D eigenvalue weighted by atomic mass is 10.1. The van der Waals surface area contributed by atoms with Crippen LogP contribution >= 0.6 is 24.0 Å². The molecule has 4 N–H and O–H groups in total. The van der Waals surface area contributed by atoms with Crippen LogP contribution < -0.4 is 20.1 Å². The summed E-state index contributed by atoms with van der Waals surface area (Å²) in [5.74, 6) is 2.30. The van der Waals surface area contributed by atoms with Crippen molar-refractivity contribution in [3.05, 3.63) is 59.8 Å². The maximum absolute atomic E-state index is 10.3. The van der Waals surface area contributed by atoms with Gasteiger partial charge >= 0.3 is 0 Å². The molecule has 8 heteroatoms. The molecule has 1 aromatic heterocycles. The third-order valence-corrected chi connectivity index (χ3v) is 5.22. The maximum Gasteiger partial charge on any atom is 0.191 e. The molecule has 1 atom stereocenters. The molecule has 0 radical (unpaired) electrons. The first-order valence-corrected chi connectivity index (χ1v) is 11.1. The Morgan fingerprint density at radius 1 is 1.09 bits per heavy atom. The predicted octanol–water partition coefficient (Wildman–Crippen LogP) is 3.89. The van der Waals surface area contributed by atoms with Crippen molar-refractivity contribution in [2.45, 2.75) is 32.3 Å². The molecule has 7 nitrogen and oxygen atoms in total. The van der Waals surface area contributed by atoms with Crippen molar-refractivity contribution in [1.29, 1.82) is 0 Å². The average Bonchev–Trinajstić information content (AvgIpc) is 3.23. The van der Waals surface area contributed by atoms with E-state index in [0.717, 1.165) is 65.6 Å². The molecule has 0 fully saturated rings. The summed E-state index contributed by atoms with van der Waals surface area (Å²) in [4.78, 5) is 7.99. The fourth-order valence-electron chi connectivity index (χ4n) is 3.63. The van der Waals surface area contributed by atoms with Crippen LogP contribution in [0.5, 0.6) is 11.5 Å². The molecule has 0 bridgehead atoms. The molecule has 0 aliphatic carbocycles. The number of ether oxygens (including phenoxy) is 2. The molecule has 180 valence electrons. The quantitative estimate of drug-likeness (QED) is 0.122. The third kappa shape index (κ3) is 8.12. The van der Waals surface area contributed by atoms with Crippen LogP contribution in [0.4, 0.5) is 0 Å². The van der Waals surface area contributed by atoms with Crippen LogP contribution in [0.1, 0.15) is 24.6 Å². The number of halogens is 1. The highest BCUT2D eigenvalue weighted by molar-refractivity contribution is 14.0. The van der Waals surface area contributed by atoms with Crippen molar-refractivity contribution in [2.24, 2.45) is 4.99 Å². The Kier molecular flexibility index (Phi) is 11.3. The highest BCUT2D eigenvalue weighted by Crippen LogP contribution is 2.31. The summed E-state index contributed by atoms with van der Waals surface area (Å²) in [6, 6.07) is 16.0. The zero-order valence-corrected chi connectivity index (χ0v) is 21.9. The van der Waals surface area contributed by atoms with E-state index in [-0.39, 0.29) is 24.0 Å². The van der Waals surface area contributed by atoms with Crippen molar-refractivity contribution in [2.75, 3.05) is 33.9 Å². The predicted molar refractivity (Wildman–Crippen MR) is 145 cm³/mol. The number of guanidine groups is 1. The van der Waals surface area contributed by atoms with Gasteiger partial charge in [0, 0.05) is 42.7 Å². The summed E-state index contributed by atoms with van der Waals surface area (Å²) in [5.41, 5.74) is 3.26. The Balaban J connectivity index is 0.00000385. The fraction of sp³-hybridized carbons (Fsp3) is 0.400. The number of hydrogen-bond acceptors (Lipinski definition) is 4. The molecule has 3 rings (SSSR count). The molecule has 3 aromatic rings. The molecule has 0 saturated heterocycles. The van der Waals surface area contributed by atoms with E-state index in [4.69, 9.17) is 9.47 Å². The summed E-state index contributed by atoms with van der Waals surface area (Å²) >= 11 is 0. The topological polar surface area (TPSA) is 90.9 Å². The number of aryl methyl sites for hydroxylation is 1. The monoisotopic (exact) mass is 566 g/mol. The SMILES string of the molecule is CCNC(=NCC(O)Cc1ccccc1)NCCCc1cc2c(OC)cc(OC)cc2[nH]1.I. The van der Waals surface area contributed by atoms with Gasteiger partial charge in [-0.05, 0) is 31.4 Å². The van der Waals surface area contributed by atoms with Gasteiger partial charge in [-0.2, -0.15) is 0 Å². The zero-order chi connectivity index (χ0) is 22.8. The van der Waals surface area contributed by atoms with Gasteiger partial charge in [0.15, 0.2) is 5.96 Å². The summed E-state index contributed by atoms with van der Waals surface area (Å²) in [5, 5.41) is 18.0. The second kappa shape index (κ2) is 13.9. The summed E-state index contributed by atoms with van der Waals surface area (Å²) in [7, 11) is 3.32. The van der Waals surface area contributed by atoms with Crippen molar-refractivity contribution in [1.82, 2.24) is 15.6 Å². The summed E-state index contributed by atoms with van der Waals surface area (Å²) in [6.07, 6.45) is 1.91. The summed E-state index contributed by atoms with van der Waals surface area (Å²) in [6.45, 7) is 3.93. The first kappa shape index (κ1) is 26.8. The van der Waals surface area contributed by atoms with Gasteiger partial charge in [0.05, 0.1) is 32.4 Å². The van der Waals surface area contributed by atoms with E-state index in [1.54, 1.807) is 14.2 Å². The summed E-state index contributed by atoms with van der Waals surface area (Å²) < 4.78 is 10.8. The van der Waals surface area contributed by atoms with Crippen LogP contribution in [0.15, 0.2) is 53.5 Å². The smallest absolute Gasteiger partial charge is 0.191 e. The molecule has 1 unspecified atom stereocenters. The minimum absolute atomic E-state index is 0. The van der Waals surface area contributed by atoms with Gasteiger partial charge < -0.3 is 30.2 Å². The van der Waals surface area contributed by atoms with Gasteiger partial charge in [0.25, 0.3) is 0 Å². The number of nitrogens with one attached hydrogen (secondary N) is 3. The lowest BCUT2D eigenvalue weighted by Gasteiger charge is -2.13. The molecule has 33 heavy (non-hydrogen) atoms. The number of fused-ring (bicyclic) bond motifs is 1. The van der Waals surface area contributed by atoms with E-state index in [9.17, 15) is 5.11 Å². The van der Waals surface area contributed by atoms with Crippen molar-refractivity contribution in [3.8, 4) is 11.5 Å². The van der Waals surface area contributed by atoms with Crippen molar-refractivity contribution < 1.29 is 14.6 Å². The molecule has 2 aromatic carbocycles. The molecule has 0 saturated carbocycles. The van der Waals surface area contributed by atoms with Crippen molar-refractivity contribution >= 4 is 40.8 Å². The van der Waals surface area contributed by atoms with Gasteiger partial charge in [-0.25, -0.2) is 0 Å². The van der Waals surface area contributed by atoms with Crippen LogP contribution in [-0.2, 0) is 12.8 Å². The molecule has 0 spiro atoms. The molecule has 1 heterocycles. The first-order valence-electron chi connectivity index (χ1n) is 11.1. The van der Waals surface area contributed by atoms with E-state index < -0.39 is 6.10 Å². The van der Waals surface area contributed by atoms with E-state index >= 15 is 0 Å². The highest BCUT2D eigenvalue weighted by Gasteiger charge is 2.09.